The summed E-state index contributed by atoms with van der Waals surface area (Å²) in [6, 6.07) is 3.69. The fourth-order valence-corrected chi connectivity index (χ4v) is 4.23. The second-order valence-electron chi connectivity index (χ2n) is 5.70. The lowest BCUT2D eigenvalue weighted by Crippen LogP contribution is -2.39. The van der Waals surface area contributed by atoms with Gasteiger partial charge in [-0.3, -0.25) is 9.69 Å². The largest absolute Gasteiger partial charge is 0.401 e. The van der Waals surface area contributed by atoms with Crippen LogP contribution in [-0.4, -0.2) is 42.7 Å². The number of likely N-dealkylation sites (tertiary alicyclic amines) is 1. The maximum atomic E-state index is 13.3. The molecule has 0 saturated carbocycles. The van der Waals surface area contributed by atoms with Gasteiger partial charge in [-0.05, 0) is 24.6 Å². The average Bonchev–Trinajstić information content (AvgIpc) is 3.01. The summed E-state index contributed by atoms with van der Waals surface area (Å²) in [5.41, 5.74) is 0. The van der Waals surface area contributed by atoms with Gasteiger partial charge in [-0.2, -0.15) is 13.2 Å². The molecule has 0 aliphatic carbocycles. The van der Waals surface area contributed by atoms with Gasteiger partial charge in [0, 0.05) is 29.2 Å². The van der Waals surface area contributed by atoms with E-state index in [1.165, 1.54) is 23.1 Å². The fourth-order valence-electron chi connectivity index (χ4n) is 2.78. The van der Waals surface area contributed by atoms with Gasteiger partial charge < -0.3 is 5.32 Å². The second-order valence-corrected chi connectivity index (χ2v) is 7.13. The lowest BCUT2D eigenvalue weighted by Gasteiger charge is -2.18. The highest BCUT2D eigenvalue weighted by Gasteiger charge is 2.35. The van der Waals surface area contributed by atoms with Crippen molar-refractivity contribution in [3.05, 3.63) is 33.9 Å². The number of nitrogens with one attached hydrogen (secondary N) is 1. The average molecular weight is 381 g/mol. The number of fused-ring (bicyclic) bond motifs is 1. The monoisotopic (exact) mass is 380 g/mol. The third-order valence-corrected chi connectivity index (χ3v) is 5.46. The highest BCUT2D eigenvalue weighted by atomic mass is 35.5. The quantitative estimate of drug-likeness (QED) is 0.814. The van der Waals surface area contributed by atoms with E-state index in [1.807, 2.05) is 0 Å². The number of rotatable bonds is 3. The van der Waals surface area contributed by atoms with Crippen molar-refractivity contribution < 1.29 is 22.4 Å². The summed E-state index contributed by atoms with van der Waals surface area (Å²) in [4.78, 5) is 13.8. The molecule has 0 bridgehead atoms. The van der Waals surface area contributed by atoms with Gasteiger partial charge in [0.15, 0.2) is 0 Å². The summed E-state index contributed by atoms with van der Waals surface area (Å²) in [6.07, 6.45) is -3.81. The molecule has 1 aromatic carbocycles. The predicted molar refractivity (Wildman–Crippen MR) is 85.2 cm³/mol. The lowest BCUT2D eigenvalue weighted by molar-refractivity contribution is -0.143. The summed E-state index contributed by atoms with van der Waals surface area (Å²) >= 11 is 7.24. The molecule has 1 aliphatic rings. The number of amides is 1. The number of hydrogen-bond donors (Lipinski definition) is 1. The van der Waals surface area contributed by atoms with Crippen LogP contribution in [0, 0.1) is 5.82 Å². The first kappa shape index (κ1) is 17.4. The van der Waals surface area contributed by atoms with Gasteiger partial charge in [0.1, 0.15) is 10.7 Å². The molecule has 1 aromatic heterocycles. The molecule has 2 aromatic rings. The minimum absolute atomic E-state index is 0.141. The molecule has 1 fully saturated rings. The Kier molecular flexibility index (Phi) is 4.72. The number of halogens is 5. The van der Waals surface area contributed by atoms with E-state index in [-0.39, 0.29) is 29.0 Å². The third kappa shape index (κ3) is 3.81. The number of carbonyl (C=O) groups excluding carboxylic acids is 1. The van der Waals surface area contributed by atoms with E-state index in [1.54, 1.807) is 0 Å². The minimum Gasteiger partial charge on any atom is -0.347 e. The van der Waals surface area contributed by atoms with Gasteiger partial charge in [-0.1, -0.05) is 11.6 Å². The van der Waals surface area contributed by atoms with Gasteiger partial charge in [0.25, 0.3) is 5.91 Å². The Labute approximate surface area is 144 Å². The van der Waals surface area contributed by atoms with E-state index in [0.29, 0.717) is 16.5 Å². The van der Waals surface area contributed by atoms with Crippen molar-refractivity contribution in [1.29, 1.82) is 0 Å². The number of alkyl halides is 3. The molecule has 1 aliphatic heterocycles. The number of hydrogen-bond acceptors (Lipinski definition) is 3. The Balaban J connectivity index is 1.69. The summed E-state index contributed by atoms with van der Waals surface area (Å²) in [5, 5.41) is 3.53. The summed E-state index contributed by atoms with van der Waals surface area (Å²) in [5.74, 6) is -0.869. The Bertz CT molecular complexity index is 777. The smallest absolute Gasteiger partial charge is 0.347 e. The Morgan fingerprint density at radius 2 is 2.17 bits per heavy atom. The molecule has 1 N–H and O–H groups in total. The van der Waals surface area contributed by atoms with Crippen LogP contribution in [0.5, 0.6) is 0 Å². The highest BCUT2D eigenvalue weighted by Crippen LogP contribution is 2.35. The zero-order valence-electron chi connectivity index (χ0n) is 12.3. The van der Waals surface area contributed by atoms with Crippen LogP contribution < -0.4 is 5.32 Å². The Morgan fingerprint density at radius 3 is 2.88 bits per heavy atom. The van der Waals surface area contributed by atoms with Gasteiger partial charge in [-0.25, -0.2) is 4.39 Å². The lowest BCUT2D eigenvalue weighted by atomic mass is 10.2. The maximum Gasteiger partial charge on any atom is 0.401 e. The zero-order valence-corrected chi connectivity index (χ0v) is 13.9. The summed E-state index contributed by atoms with van der Waals surface area (Å²) in [7, 11) is 0. The van der Waals surface area contributed by atoms with Crippen LogP contribution in [-0.2, 0) is 0 Å². The molecule has 1 atom stereocenters. The molecule has 3 rings (SSSR count). The predicted octanol–water partition coefficient (Wildman–Crippen LogP) is 4.06. The molecule has 2 heterocycles. The van der Waals surface area contributed by atoms with Crippen LogP contribution in [0.4, 0.5) is 17.6 Å². The summed E-state index contributed by atoms with van der Waals surface area (Å²) in [6.45, 7) is -0.569. The van der Waals surface area contributed by atoms with Crippen molar-refractivity contribution in [2.45, 2.75) is 18.6 Å². The van der Waals surface area contributed by atoms with Crippen LogP contribution >= 0.6 is 22.9 Å². The van der Waals surface area contributed by atoms with Gasteiger partial charge in [-0.15, -0.1) is 11.3 Å². The Morgan fingerprint density at radius 1 is 1.42 bits per heavy atom. The minimum atomic E-state index is -4.25. The molecular formula is C15H13ClF4N2OS. The summed E-state index contributed by atoms with van der Waals surface area (Å²) < 4.78 is 51.0. The van der Waals surface area contributed by atoms with Crippen LogP contribution in [0.3, 0.4) is 0 Å². The standard InChI is InChI=1S/C15H13ClF4N2OS/c16-12-10-2-1-8(17)5-11(10)24-13(12)14(23)21-9-3-4-22(6-9)7-15(18,19)20/h1-2,5,9H,3-4,6-7H2,(H,21,23). The van der Waals surface area contributed by atoms with Crippen molar-refractivity contribution in [3.8, 4) is 0 Å². The molecule has 1 saturated heterocycles. The van der Waals surface area contributed by atoms with Crippen molar-refractivity contribution >= 4 is 38.9 Å². The van der Waals surface area contributed by atoms with E-state index in [9.17, 15) is 22.4 Å². The topological polar surface area (TPSA) is 32.3 Å². The third-order valence-electron chi connectivity index (χ3n) is 3.81. The van der Waals surface area contributed by atoms with E-state index in [4.69, 9.17) is 11.6 Å². The zero-order chi connectivity index (χ0) is 17.5. The second kappa shape index (κ2) is 6.50. The first-order chi connectivity index (χ1) is 11.2. The number of carbonyl (C=O) groups is 1. The van der Waals surface area contributed by atoms with Crippen molar-refractivity contribution in [3.63, 3.8) is 0 Å². The molecule has 9 heteroatoms. The molecule has 0 spiro atoms. The van der Waals surface area contributed by atoms with Gasteiger partial charge >= 0.3 is 6.18 Å². The van der Waals surface area contributed by atoms with Crippen LogP contribution in [0.25, 0.3) is 10.1 Å². The normalized spacial score (nSPS) is 19.1. The molecular weight excluding hydrogens is 368 g/mol. The maximum absolute atomic E-state index is 13.3. The van der Waals surface area contributed by atoms with E-state index >= 15 is 0 Å². The first-order valence-electron chi connectivity index (χ1n) is 7.20. The van der Waals surface area contributed by atoms with E-state index < -0.39 is 24.4 Å². The van der Waals surface area contributed by atoms with E-state index in [2.05, 4.69) is 5.32 Å². The first-order valence-corrected chi connectivity index (χ1v) is 8.40. The molecule has 0 radical (unpaired) electrons. The van der Waals surface area contributed by atoms with Gasteiger partial charge in [0.05, 0.1) is 11.6 Å². The molecule has 24 heavy (non-hydrogen) atoms. The number of nitrogens with zero attached hydrogens (tertiary/aromatic N) is 1. The van der Waals surface area contributed by atoms with Crippen LogP contribution in [0.1, 0.15) is 16.1 Å². The van der Waals surface area contributed by atoms with Crippen LogP contribution in [0.15, 0.2) is 18.2 Å². The number of benzene rings is 1. The SMILES string of the molecule is O=C(NC1CCN(CC(F)(F)F)C1)c1sc2cc(F)ccc2c1Cl. The molecule has 1 unspecified atom stereocenters. The van der Waals surface area contributed by atoms with Crippen molar-refractivity contribution in [1.82, 2.24) is 10.2 Å². The molecule has 3 nitrogen and oxygen atoms in total. The molecule has 130 valence electrons. The van der Waals surface area contributed by atoms with E-state index in [0.717, 1.165) is 11.3 Å². The van der Waals surface area contributed by atoms with Gasteiger partial charge in [0.2, 0.25) is 0 Å². The molecule has 1 amide bonds. The van der Waals surface area contributed by atoms with Crippen molar-refractivity contribution in [2.24, 2.45) is 0 Å². The van der Waals surface area contributed by atoms with Crippen molar-refractivity contribution in [2.75, 3.05) is 19.6 Å². The highest BCUT2D eigenvalue weighted by molar-refractivity contribution is 7.21. The Hall–Kier alpha value is -1.38. The number of thiophene rings is 1. The van der Waals surface area contributed by atoms with Crippen LogP contribution in [0.2, 0.25) is 5.02 Å². The fraction of sp³-hybridized carbons (Fsp3) is 0.400.